The van der Waals surface area contributed by atoms with Crippen molar-refractivity contribution in [1.29, 1.82) is 0 Å². The summed E-state index contributed by atoms with van der Waals surface area (Å²) in [7, 11) is 0. The van der Waals surface area contributed by atoms with Crippen molar-refractivity contribution >= 4 is 28.5 Å². The highest BCUT2D eigenvalue weighted by atomic mass is 32.1. The number of esters is 1. The maximum absolute atomic E-state index is 10.8. The van der Waals surface area contributed by atoms with E-state index in [0.717, 1.165) is 26.5 Å². The number of rotatable bonds is 4. The number of ether oxygens (including phenoxy) is 1. The molecule has 0 fully saturated rings. The second-order valence-corrected chi connectivity index (χ2v) is 4.86. The molecule has 16 heavy (non-hydrogen) atoms. The van der Waals surface area contributed by atoms with Gasteiger partial charge < -0.3 is 4.74 Å². The van der Waals surface area contributed by atoms with Crippen molar-refractivity contribution in [3.05, 3.63) is 34.5 Å². The molecule has 0 spiro atoms. The monoisotopic (exact) mass is 236 g/mol. The molecule has 0 saturated heterocycles. The van der Waals surface area contributed by atoms with Crippen molar-refractivity contribution in [2.75, 3.05) is 0 Å². The number of thiophene rings is 1. The molecule has 1 aromatic rings. The van der Waals surface area contributed by atoms with Gasteiger partial charge in [-0.3, -0.25) is 4.79 Å². The molecule has 0 saturated carbocycles. The van der Waals surface area contributed by atoms with E-state index in [-0.39, 0.29) is 5.97 Å². The molecule has 0 aromatic carbocycles. The number of allylic oxidation sites excluding steroid dienone is 2. The van der Waals surface area contributed by atoms with Crippen molar-refractivity contribution in [2.45, 2.75) is 27.4 Å². The van der Waals surface area contributed by atoms with Gasteiger partial charge in [0, 0.05) is 22.2 Å². The Hall–Kier alpha value is -1.35. The van der Waals surface area contributed by atoms with E-state index in [1.165, 1.54) is 6.92 Å². The van der Waals surface area contributed by atoms with Crippen LogP contribution in [-0.4, -0.2) is 5.97 Å². The molecule has 0 radical (unpaired) electrons. The summed E-state index contributed by atoms with van der Waals surface area (Å²) < 4.78 is 5.01. The first-order valence-corrected chi connectivity index (χ1v) is 5.81. The maximum atomic E-state index is 10.8. The summed E-state index contributed by atoms with van der Waals surface area (Å²) in [4.78, 5) is 13.0. The molecule has 3 heteroatoms. The van der Waals surface area contributed by atoms with Crippen LogP contribution in [0.3, 0.4) is 0 Å². The molecule has 0 bridgehead atoms. The van der Waals surface area contributed by atoms with Crippen LogP contribution in [0.1, 0.15) is 36.1 Å². The van der Waals surface area contributed by atoms with Crippen LogP contribution in [0, 0.1) is 0 Å². The second-order valence-electron chi connectivity index (χ2n) is 3.81. The molecule has 1 aromatic heterocycles. The minimum atomic E-state index is -0.268. The third-order valence-electron chi connectivity index (χ3n) is 2.05. The van der Waals surface area contributed by atoms with Crippen molar-refractivity contribution in [1.82, 2.24) is 0 Å². The zero-order chi connectivity index (χ0) is 12.3. The molecule has 86 valence electrons. The first-order valence-electron chi connectivity index (χ1n) is 4.99. The average Bonchev–Trinajstić information content (AvgIpc) is 2.58. The van der Waals surface area contributed by atoms with E-state index in [1.807, 2.05) is 19.9 Å². The Balaban J connectivity index is 3.00. The fourth-order valence-corrected chi connectivity index (χ4v) is 2.31. The molecule has 1 heterocycles. The van der Waals surface area contributed by atoms with Crippen LogP contribution in [0.4, 0.5) is 0 Å². The van der Waals surface area contributed by atoms with Gasteiger partial charge in [-0.1, -0.05) is 13.2 Å². The molecule has 0 N–H and O–H groups in total. The average molecular weight is 236 g/mol. The lowest BCUT2D eigenvalue weighted by atomic mass is 10.1. The first-order chi connectivity index (χ1) is 7.41. The van der Waals surface area contributed by atoms with Gasteiger partial charge >= 0.3 is 5.97 Å². The van der Waals surface area contributed by atoms with Crippen molar-refractivity contribution < 1.29 is 9.53 Å². The van der Waals surface area contributed by atoms with Gasteiger partial charge in [-0.15, -0.1) is 11.3 Å². The first kappa shape index (κ1) is 12.7. The van der Waals surface area contributed by atoms with E-state index < -0.39 is 0 Å². The van der Waals surface area contributed by atoms with Gasteiger partial charge in [0.15, 0.2) is 0 Å². The maximum Gasteiger partial charge on any atom is 0.302 e. The normalized spacial score (nSPS) is 9.94. The third-order valence-corrected chi connectivity index (χ3v) is 3.55. The Morgan fingerprint density at radius 3 is 2.38 bits per heavy atom. The fraction of sp³-hybridized carbons (Fsp3) is 0.308. The highest BCUT2D eigenvalue weighted by Crippen LogP contribution is 2.32. The van der Waals surface area contributed by atoms with E-state index in [2.05, 4.69) is 13.2 Å². The van der Waals surface area contributed by atoms with Gasteiger partial charge in [-0.25, -0.2) is 0 Å². The van der Waals surface area contributed by atoms with Crippen LogP contribution in [0.15, 0.2) is 19.2 Å². The van der Waals surface area contributed by atoms with Crippen LogP contribution in [0.5, 0.6) is 0 Å². The van der Waals surface area contributed by atoms with Crippen LogP contribution < -0.4 is 0 Å². The Kier molecular flexibility index (Phi) is 4.07. The number of hydrogen-bond donors (Lipinski definition) is 0. The number of carbonyl (C=O) groups excluding carboxylic acids is 1. The molecule has 0 aliphatic rings. The highest BCUT2D eigenvalue weighted by molar-refractivity contribution is 7.14. The zero-order valence-corrected chi connectivity index (χ0v) is 10.7. The number of carbonyl (C=O) groups is 1. The molecule has 0 aliphatic carbocycles. The quantitative estimate of drug-likeness (QED) is 0.742. The standard InChI is InChI=1S/C13H16O2S/c1-8(2)12-6-11(7-15-10(5)14)13(16-12)9(3)4/h6H,1,3,7H2,2,4-5H3. The minimum absolute atomic E-state index is 0.268. The van der Waals surface area contributed by atoms with Crippen LogP contribution in [-0.2, 0) is 16.1 Å². The topological polar surface area (TPSA) is 26.3 Å². The zero-order valence-electron chi connectivity index (χ0n) is 9.92. The van der Waals surface area contributed by atoms with Crippen molar-refractivity contribution in [3.8, 4) is 0 Å². The Morgan fingerprint density at radius 2 is 1.94 bits per heavy atom. The summed E-state index contributed by atoms with van der Waals surface area (Å²) in [5.74, 6) is -0.268. The second kappa shape index (κ2) is 5.12. The van der Waals surface area contributed by atoms with Crippen molar-refractivity contribution in [3.63, 3.8) is 0 Å². The largest absolute Gasteiger partial charge is 0.461 e. The van der Waals surface area contributed by atoms with E-state index in [4.69, 9.17) is 4.74 Å². The summed E-state index contributed by atoms with van der Waals surface area (Å²) in [6.07, 6.45) is 0. The smallest absolute Gasteiger partial charge is 0.302 e. The summed E-state index contributed by atoms with van der Waals surface area (Å²) in [5.41, 5.74) is 3.01. The Morgan fingerprint density at radius 1 is 1.31 bits per heavy atom. The predicted molar refractivity (Wildman–Crippen MR) is 69.2 cm³/mol. The molecular weight excluding hydrogens is 220 g/mol. The van der Waals surface area contributed by atoms with Gasteiger partial charge in [-0.05, 0) is 31.1 Å². The molecular formula is C13H16O2S. The summed E-state index contributed by atoms with van der Waals surface area (Å²) in [6.45, 7) is 13.5. The minimum Gasteiger partial charge on any atom is -0.461 e. The Labute approximate surface area is 100 Å². The molecule has 0 atom stereocenters. The van der Waals surface area contributed by atoms with Crippen LogP contribution in [0.2, 0.25) is 0 Å². The molecule has 0 amide bonds. The van der Waals surface area contributed by atoms with E-state index in [1.54, 1.807) is 11.3 Å². The van der Waals surface area contributed by atoms with Crippen LogP contribution >= 0.6 is 11.3 Å². The van der Waals surface area contributed by atoms with Gasteiger partial charge in [0.2, 0.25) is 0 Å². The number of hydrogen-bond acceptors (Lipinski definition) is 3. The molecule has 0 aliphatic heterocycles. The Bertz CT molecular complexity index is 441. The van der Waals surface area contributed by atoms with Gasteiger partial charge in [-0.2, -0.15) is 0 Å². The van der Waals surface area contributed by atoms with E-state index in [0.29, 0.717) is 6.61 Å². The lowest BCUT2D eigenvalue weighted by Gasteiger charge is -2.02. The van der Waals surface area contributed by atoms with Gasteiger partial charge in [0.05, 0.1) is 0 Å². The third kappa shape index (κ3) is 3.07. The summed E-state index contributed by atoms with van der Waals surface area (Å²) >= 11 is 1.64. The summed E-state index contributed by atoms with van der Waals surface area (Å²) in [6, 6.07) is 2.01. The molecule has 0 unspecified atom stereocenters. The lowest BCUT2D eigenvalue weighted by Crippen LogP contribution is -1.99. The fourth-order valence-electron chi connectivity index (χ4n) is 1.29. The van der Waals surface area contributed by atoms with E-state index in [9.17, 15) is 4.79 Å². The SMILES string of the molecule is C=C(C)c1cc(COC(C)=O)c(C(=C)C)s1. The molecule has 1 rings (SSSR count). The van der Waals surface area contributed by atoms with Gasteiger partial charge in [0.25, 0.3) is 0 Å². The highest BCUT2D eigenvalue weighted by Gasteiger charge is 2.11. The lowest BCUT2D eigenvalue weighted by molar-refractivity contribution is -0.142. The summed E-state index contributed by atoms with van der Waals surface area (Å²) in [5, 5.41) is 0. The van der Waals surface area contributed by atoms with Crippen LogP contribution in [0.25, 0.3) is 11.1 Å². The predicted octanol–water partition coefficient (Wildman–Crippen LogP) is 3.88. The van der Waals surface area contributed by atoms with Crippen molar-refractivity contribution in [2.24, 2.45) is 0 Å². The van der Waals surface area contributed by atoms with Gasteiger partial charge in [0.1, 0.15) is 6.61 Å². The molecule has 2 nitrogen and oxygen atoms in total. The van der Waals surface area contributed by atoms with E-state index >= 15 is 0 Å².